The summed E-state index contributed by atoms with van der Waals surface area (Å²) in [6.07, 6.45) is 2.74. The van der Waals surface area contributed by atoms with E-state index in [0.717, 1.165) is 22.9 Å². The van der Waals surface area contributed by atoms with E-state index in [1.54, 1.807) is 0 Å². The Morgan fingerprint density at radius 3 is 2.55 bits per heavy atom. The summed E-state index contributed by atoms with van der Waals surface area (Å²) in [4.78, 5) is 25.5. The van der Waals surface area contributed by atoms with Crippen molar-refractivity contribution < 1.29 is 14.7 Å². The number of carboxylic acids is 1. The number of hydrogen-bond donors (Lipinski definition) is 1. The van der Waals surface area contributed by atoms with E-state index in [1.807, 2.05) is 29.2 Å². The molecule has 2 heterocycles. The van der Waals surface area contributed by atoms with E-state index in [4.69, 9.17) is 0 Å². The lowest BCUT2D eigenvalue weighted by molar-refractivity contribution is -0.143. The molecule has 1 aromatic rings. The highest BCUT2D eigenvalue weighted by Gasteiger charge is 2.50. The Hall–Kier alpha value is -1.36. The largest absolute Gasteiger partial charge is 0.481 e. The summed E-state index contributed by atoms with van der Waals surface area (Å²) in [5.41, 5.74) is 0.969. The molecule has 2 aliphatic rings. The maximum absolute atomic E-state index is 12.4. The van der Waals surface area contributed by atoms with Crippen molar-refractivity contribution >= 4 is 27.8 Å². The minimum absolute atomic E-state index is 0.0589. The summed E-state index contributed by atoms with van der Waals surface area (Å²) in [6.45, 7) is 0. The summed E-state index contributed by atoms with van der Waals surface area (Å²) in [7, 11) is 0. The first-order valence-corrected chi connectivity index (χ1v) is 7.64. The molecule has 0 aliphatic carbocycles. The van der Waals surface area contributed by atoms with Gasteiger partial charge in [-0.25, -0.2) is 0 Å². The molecule has 3 rings (SSSR count). The third kappa shape index (κ3) is 2.35. The van der Waals surface area contributed by atoms with Crippen molar-refractivity contribution in [2.24, 2.45) is 5.92 Å². The number of carboxylic acid groups (broad SMARTS) is 1. The number of carbonyl (C=O) groups is 2. The Morgan fingerprint density at radius 2 is 1.95 bits per heavy atom. The summed E-state index contributed by atoms with van der Waals surface area (Å²) in [5.74, 6) is -1.08. The van der Waals surface area contributed by atoms with Gasteiger partial charge in [0.1, 0.15) is 0 Å². The lowest BCUT2D eigenvalue weighted by Crippen LogP contribution is -2.38. The van der Waals surface area contributed by atoms with Crippen LogP contribution in [0, 0.1) is 5.92 Å². The molecule has 0 spiro atoms. The van der Waals surface area contributed by atoms with Crippen molar-refractivity contribution in [1.82, 2.24) is 4.90 Å². The van der Waals surface area contributed by atoms with E-state index < -0.39 is 5.97 Å². The number of nitrogens with zero attached hydrogens (tertiary/aromatic N) is 1. The molecular weight excluding hydrogens is 322 g/mol. The van der Waals surface area contributed by atoms with Crippen molar-refractivity contribution in [3.63, 3.8) is 0 Å². The lowest BCUT2D eigenvalue weighted by Gasteiger charge is -2.23. The average molecular weight is 338 g/mol. The smallest absolute Gasteiger partial charge is 0.308 e. The first kappa shape index (κ1) is 13.6. The fourth-order valence-corrected chi connectivity index (χ4v) is 3.78. The third-order valence-corrected chi connectivity index (χ3v) is 4.94. The van der Waals surface area contributed by atoms with Crippen molar-refractivity contribution in [1.29, 1.82) is 0 Å². The average Bonchev–Trinajstić information content (AvgIpc) is 2.99. The standard InChI is InChI=1S/C15H16BrNO3/c16-10-3-1-9(2-4-10)7-14(18)17-11-5-6-13(17)12(8-11)15(19)20/h1-4,11-13H,5-8H2,(H,19,20). The van der Waals surface area contributed by atoms with Crippen LogP contribution in [0.25, 0.3) is 0 Å². The van der Waals surface area contributed by atoms with Gasteiger partial charge in [0.25, 0.3) is 0 Å². The highest BCUT2D eigenvalue weighted by atomic mass is 79.9. The molecule has 3 unspecified atom stereocenters. The molecule has 2 aliphatic heterocycles. The predicted molar refractivity (Wildman–Crippen MR) is 77.2 cm³/mol. The molecule has 0 saturated carbocycles. The first-order valence-electron chi connectivity index (χ1n) is 6.84. The van der Waals surface area contributed by atoms with E-state index in [9.17, 15) is 14.7 Å². The summed E-state index contributed by atoms with van der Waals surface area (Å²) >= 11 is 3.37. The second kappa shape index (κ2) is 5.20. The molecule has 1 amide bonds. The number of carbonyl (C=O) groups excluding carboxylic acids is 1. The van der Waals surface area contributed by atoms with Gasteiger partial charge < -0.3 is 10.0 Å². The van der Waals surface area contributed by atoms with Crippen LogP contribution in [0.5, 0.6) is 0 Å². The third-order valence-electron chi connectivity index (χ3n) is 4.41. The Labute approximate surface area is 125 Å². The maximum Gasteiger partial charge on any atom is 0.308 e. The summed E-state index contributed by atoms with van der Waals surface area (Å²) in [5, 5.41) is 9.21. The molecule has 2 saturated heterocycles. The van der Waals surface area contributed by atoms with Crippen molar-refractivity contribution in [3.8, 4) is 0 Å². The first-order chi connectivity index (χ1) is 9.56. The molecule has 2 bridgehead atoms. The van der Waals surface area contributed by atoms with Crippen LogP contribution < -0.4 is 0 Å². The van der Waals surface area contributed by atoms with Gasteiger partial charge in [0.2, 0.25) is 5.91 Å². The van der Waals surface area contributed by atoms with Crippen LogP contribution in [0.1, 0.15) is 24.8 Å². The molecule has 1 aromatic carbocycles. The molecule has 20 heavy (non-hydrogen) atoms. The highest BCUT2D eigenvalue weighted by Crippen LogP contribution is 2.42. The highest BCUT2D eigenvalue weighted by molar-refractivity contribution is 9.10. The van der Waals surface area contributed by atoms with Gasteiger partial charge >= 0.3 is 5.97 Å². The van der Waals surface area contributed by atoms with Gasteiger partial charge in [-0.15, -0.1) is 0 Å². The van der Waals surface area contributed by atoms with Crippen LogP contribution >= 0.6 is 15.9 Å². The van der Waals surface area contributed by atoms with Crippen LogP contribution in [-0.2, 0) is 16.0 Å². The molecule has 2 fully saturated rings. The second-order valence-corrected chi connectivity index (χ2v) is 6.50. The number of benzene rings is 1. The molecule has 3 atom stereocenters. The molecule has 5 heteroatoms. The topological polar surface area (TPSA) is 57.6 Å². The fourth-order valence-electron chi connectivity index (χ4n) is 3.51. The van der Waals surface area contributed by atoms with Gasteiger partial charge in [-0.3, -0.25) is 9.59 Å². The van der Waals surface area contributed by atoms with Gasteiger partial charge in [0.05, 0.1) is 12.3 Å². The van der Waals surface area contributed by atoms with E-state index >= 15 is 0 Å². The van der Waals surface area contributed by atoms with Crippen LogP contribution in [0.3, 0.4) is 0 Å². The van der Waals surface area contributed by atoms with Crippen molar-refractivity contribution in [3.05, 3.63) is 34.3 Å². The van der Waals surface area contributed by atoms with Crippen LogP contribution in [0.4, 0.5) is 0 Å². The second-order valence-electron chi connectivity index (χ2n) is 5.58. The number of fused-ring (bicyclic) bond motifs is 2. The fraction of sp³-hybridized carbons (Fsp3) is 0.467. The number of hydrogen-bond acceptors (Lipinski definition) is 2. The Balaban J connectivity index is 1.72. The molecule has 0 aromatic heterocycles. The maximum atomic E-state index is 12.4. The SMILES string of the molecule is O=C(O)C1CC2CCC1N2C(=O)Cc1ccc(Br)cc1. The zero-order valence-electron chi connectivity index (χ0n) is 11.0. The molecule has 0 radical (unpaired) electrons. The number of amides is 1. The van der Waals surface area contributed by atoms with Crippen LogP contribution in [-0.4, -0.2) is 34.0 Å². The Bertz CT molecular complexity index is 543. The molecule has 1 N–H and O–H groups in total. The summed E-state index contributed by atoms with van der Waals surface area (Å²) < 4.78 is 0.987. The van der Waals surface area contributed by atoms with Gasteiger partial charge in [-0.2, -0.15) is 0 Å². The normalized spacial score (nSPS) is 27.9. The lowest BCUT2D eigenvalue weighted by atomic mass is 9.89. The van der Waals surface area contributed by atoms with Crippen LogP contribution in [0.2, 0.25) is 0 Å². The van der Waals surface area contributed by atoms with E-state index in [0.29, 0.717) is 12.8 Å². The number of rotatable bonds is 3. The Kier molecular flexibility index (Phi) is 3.54. The van der Waals surface area contributed by atoms with Gasteiger partial charge in [-0.05, 0) is 37.0 Å². The molecular formula is C15H16BrNO3. The zero-order valence-corrected chi connectivity index (χ0v) is 12.5. The van der Waals surface area contributed by atoms with Gasteiger partial charge in [0, 0.05) is 16.6 Å². The van der Waals surface area contributed by atoms with Gasteiger partial charge in [-0.1, -0.05) is 28.1 Å². The van der Waals surface area contributed by atoms with E-state index in [1.165, 1.54) is 0 Å². The molecule has 4 nitrogen and oxygen atoms in total. The number of aliphatic carboxylic acids is 1. The number of halogens is 1. The monoisotopic (exact) mass is 337 g/mol. The Morgan fingerprint density at radius 1 is 1.25 bits per heavy atom. The molecule has 106 valence electrons. The van der Waals surface area contributed by atoms with E-state index in [-0.39, 0.29) is 23.9 Å². The zero-order chi connectivity index (χ0) is 14.3. The van der Waals surface area contributed by atoms with Crippen molar-refractivity contribution in [2.75, 3.05) is 0 Å². The van der Waals surface area contributed by atoms with Gasteiger partial charge in [0.15, 0.2) is 0 Å². The minimum atomic E-state index is -0.765. The van der Waals surface area contributed by atoms with Crippen LogP contribution in [0.15, 0.2) is 28.7 Å². The van der Waals surface area contributed by atoms with Crippen molar-refractivity contribution in [2.45, 2.75) is 37.8 Å². The predicted octanol–water partition coefficient (Wildman–Crippen LogP) is 2.46. The summed E-state index contributed by atoms with van der Waals surface area (Å²) in [6, 6.07) is 7.72. The van der Waals surface area contributed by atoms with E-state index in [2.05, 4.69) is 15.9 Å². The quantitative estimate of drug-likeness (QED) is 0.921. The minimum Gasteiger partial charge on any atom is -0.481 e.